The van der Waals surface area contributed by atoms with Crippen molar-refractivity contribution in [2.75, 3.05) is 19.0 Å². The largest absolute Gasteiger partial charge is 0.367 e. The van der Waals surface area contributed by atoms with Gasteiger partial charge in [0.05, 0.1) is 28.2 Å². The van der Waals surface area contributed by atoms with Crippen molar-refractivity contribution in [2.24, 2.45) is 0 Å². The molecule has 2 rings (SSSR count). The van der Waals surface area contributed by atoms with E-state index >= 15 is 0 Å². The first kappa shape index (κ1) is 16.1. The lowest BCUT2D eigenvalue weighted by Crippen LogP contribution is -2.55. The fourth-order valence-electron chi connectivity index (χ4n) is 2.36. The summed E-state index contributed by atoms with van der Waals surface area (Å²) in [6, 6.07) is 5.26. The van der Waals surface area contributed by atoms with Gasteiger partial charge in [-0.05, 0) is 32.0 Å². The fraction of sp³-hybridized carbons (Fsp3) is 0.500. The molecule has 1 unspecified atom stereocenters. The molecule has 0 spiro atoms. The maximum Gasteiger partial charge on any atom is 0.255 e. The summed E-state index contributed by atoms with van der Waals surface area (Å²) in [7, 11) is 0. The number of benzene rings is 1. The number of alkyl halides is 1. The average Bonchev–Trinajstić information content (AvgIpc) is 2.38. The van der Waals surface area contributed by atoms with Crippen molar-refractivity contribution in [3.05, 3.63) is 33.3 Å². The van der Waals surface area contributed by atoms with E-state index < -0.39 is 5.60 Å². The van der Waals surface area contributed by atoms with Gasteiger partial charge in [0.15, 0.2) is 0 Å². The summed E-state index contributed by atoms with van der Waals surface area (Å²) < 4.78 is 6.65. The fourth-order valence-corrected chi connectivity index (χ4v) is 3.08. The van der Waals surface area contributed by atoms with E-state index in [4.69, 9.17) is 27.9 Å². The maximum absolute atomic E-state index is 12.6. The van der Waals surface area contributed by atoms with Gasteiger partial charge >= 0.3 is 0 Å². The normalized spacial score (nSPS) is 21.9. The van der Waals surface area contributed by atoms with E-state index in [1.54, 1.807) is 17.0 Å². The second kappa shape index (κ2) is 6.22. The molecule has 1 saturated heterocycles. The minimum Gasteiger partial charge on any atom is -0.367 e. The minimum absolute atomic E-state index is 0.0946. The Morgan fingerprint density at radius 1 is 1.55 bits per heavy atom. The number of hydrogen-bond donors (Lipinski definition) is 0. The van der Waals surface area contributed by atoms with E-state index in [0.29, 0.717) is 29.6 Å². The van der Waals surface area contributed by atoms with Gasteiger partial charge in [0.1, 0.15) is 0 Å². The molecule has 1 aliphatic rings. The van der Waals surface area contributed by atoms with Crippen LogP contribution in [0.1, 0.15) is 24.2 Å². The Morgan fingerprint density at radius 2 is 2.25 bits per heavy atom. The highest BCUT2D eigenvalue weighted by Crippen LogP contribution is 2.27. The monoisotopic (exact) mass is 379 g/mol. The van der Waals surface area contributed by atoms with Gasteiger partial charge in [-0.3, -0.25) is 4.79 Å². The quantitative estimate of drug-likeness (QED) is 0.726. The summed E-state index contributed by atoms with van der Waals surface area (Å²) in [5.41, 5.74) is 0.0819. The first-order chi connectivity index (χ1) is 9.32. The summed E-state index contributed by atoms with van der Waals surface area (Å²) in [6.07, 6.45) is -0.157. The Hall–Kier alpha value is -0.290. The van der Waals surface area contributed by atoms with E-state index in [9.17, 15) is 4.79 Å². The topological polar surface area (TPSA) is 29.5 Å². The van der Waals surface area contributed by atoms with Crippen LogP contribution < -0.4 is 0 Å². The van der Waals surface area contributed by atoms with E-state index in [1.165, 1.54) is 0 Å². The second-order valence-corrected chi connectivity index (χ2v) is 7.10. The van der Waals surface area contributed by atoms with Gasteiger partial charge < -0.3 is 9.64 Å². The number of carbonyl (C=O) groups excluding carboxylic acids is 1. The van der Waals surface area contributed by atoms with Gasteiger partial charge in [-0.15, -0.1) is 11.6 Å². The molecular weight excluding hydrogens is 365 g/mol. The number of morpholine rings is 1. The molecule has 1 fully saturated rings. The van der Waals surface area contributed by atoms with Gasteiger partial charge in [-0.25, -0.2) is 0 Å². The molecule has 1 aliphatic heterocycles. The van der Waals surface area contributed by atoms with Crippen LogP contribution in [0.2, 0.25) is 5.02 Å². The number of amides is 1. The number of rotatable bonds is 2. The van der Waals surface area contributed by atoms with Gasteiger partial charge in [0.2, 0.25) is 0 Å². The number of halogens is 3. The van der Waals surface area contributed by atoms with Gasteiger partial charge in [0, 0.05) is 17.6 Å². The second-order valence-electron chi connectivity index (χ2n) is 5.46. The maximum atomic E-state index is 12.6. The van der Waals surface area contributed by atoms with Crippen molar-refractivity contribution in [3.63, 3.8) is 0 Å². The van der Waals surface area contributed by atoms with Crippen LogP contribution in [0.3, 0.4) is 0 Å². The predicted molar refractivity (Wildman–Crippen MR) is 84.7 cm³/mol. The molecule has 1 atom stereocenters. The zero-order valence-electron chi connectivity index (χ0n) is 11.3. The van der Waals surface area contributed by atoms with Crippen LogP contribution in [-0.2, 0) is 4.74 Å². The van der Waals surface area contributed by atoms with Crippen LogP contribution >= 0.6 is 39.1 Å². The zero-order chi connectivity index (χ0) is 14.9. The molecule has 3 nitrogen and oxygen atoms in total. The lowest BCUT2D eigenvalue weighted by molar-refractivity contribution is -0.117. The van der Waals surface area contributed by atoms with Gasteiger partial charge in [-0.1, -0.05) is 27.5 Å². The molecule has 1 heterocycles. The van der Waals surface area contributed by atoms with E-state index in [2.05, 4.69) is 15.9 Å². The number of nitrogens with zero attached hydrogens (tertiary/aromatic N) is 1. The van der Waals surface area contributed by atoms with Gasteiger partial charge in [0.25, 0.3) is 5.91 Å². The predicted octanol–water partition coefficient (Wildman–Crippen LogP) is 3.96. The van der Waals surface area contributed by atoms with Crippen molar-refractivity contribution < 1.29 is 9.53 Å². The third-order valence-electron chi connectivity index (χ3n) is 3.10. The molecule has 0 bridgehead atoms. The van der Waals surface area contributed by atoms with Crippen molar-refractivity contribution in [1.29, 1.82) is 0 Å². The number of ether oxygens (including phenoxy) is 1. The standard InChI is InChI=1S/C14H16BrCl2NO2/c1-14(2)8-18(7-10(6-16)20-14)13(19)11-5-9(15)3-4-12(11)17/h3-5,10H,6-8H2,1-2H3. The molecule has 1 aromatic carbocycles. The summed E-state index contributed by atoms with van der Waals surface area (Å²) in [4.78, 5) is 14.4. The lowest BCUT2D eigenvalue weighted by atomic mass is 10.0. The Morgan fingerprint density at radius 3 is 2.90 bits per heavy atom. The molecule has 0 N–H and O–H groups in total. The molecule has 0 aromatic heterocycles. The molecule has 1 amide bonds. The molecule has 0 saturated carbocycles. The molecule has 6 heteroatoms. The SMILES string of the molecule is CC1(C)CN(C(=O)c2cc(Br)ccc2Cl)CC(CCl)O1. The van der Waals surface area contributed by atoms with E-state index in [-0.39, 0.29) is 12.0 Å². The van der Waals surface area contributed by atoms with Crippen LogP contribution in [0.5, 0.6) is 0 Å². The van der Waals surface area contributed by atoms with Crippen molar-refractivity contribution in [1.82, 2.24) is 4.90 Å². The minimum atomic E-state index is -0.411. The Balaban J connectivity index is 2.25. The Labute approximate surface area is 137 Å². The summed E-state index contributed by atoms with van der Waals surface area (Å²) in [5, 5.41) is 0.449. The molecule has 1 aromatic rings. The third kappa shape index (κ3) is 3.67. The summed E-state index contributed by atoms with van der Waals surface area (Å²) >= 11 is 15.4. The molecule has 0 aliphatic carbocycles. The average molecular weight is 381 g/mol. The Bertz CT molecular complexity index is 522. The molecule has 0 radical (unpaired) electrons. The number of carbonyl (C=O) groups is 1. The highest BCUT2D eigenvalue weighted by molar-refractivity contribution is 9.10. The highest BCUT2D eigenvalue weighted by Gasteiger charge is 2.36. The first-order valence-corrected chi connectivity index (χ1v) is 8.01. The third-order valence-corrected chi connectivity index (χ3v) is 4.27. The van der Waals surface area contributed by atoms with Crippen LogP contribution in [0, 0.1) is 0 Å². The lowest BCUT2D eigenvalue weighted by Gasteiger charge is -2.42. The molecule has 20 heavy (non-hydrogen) atoms. The van der Waals surface area contributed by atoms with Crippen LogP contribution in [0.25, 0.3) is 0 Å². The van der Waals surface area contributed by atoms with Crippen molar-refractivity contribution in [3.8, 4) is 0 Å². The number of hydrogen-bond acceptors (Lipinski definition) is 2. The van der Waals surface area contributed by atoms with Crippen LogP contribution in [0.4, 0.5) is 0 Å². The molecular formula is C14H16BrCl2NO2. The van der Waals surface area contributed by atoms with Crippen LogP contribution in [-0.4, -0.2) is 41.5 Å². The first-order valence-electron chi connectivity index (χ1n) is 6.30. The zero-order valence-corrected chi connectivity index (χ0v) is 14.4. The Kier molecular flexibility index (Phi) is 5.00. The molecule has 110 valence electrons. The summed E-state index contributed by atoms with van der Waals surface area (Å²) in [6.45, 7) is 4.90. The van der Waals surface area contributed by atoms with E-state index in [0.717, 1.165) is 4.47 Å². The highest BCUT2D eigenvalue weighted by atomic mass is 79.9. The van der Waals surface area contributed by atoms with E-state index in [1.807, 2.05) is 19.9 Å². The van der Waals surface area contributed by atoms with Crippen LogP contribution in [0.15, 0.2) is 22.7 Å². The summed E-state index contributed by atoms with van der Waals surface area (Å²) in [5.74, 6) is 0.266. The van der Waals surface area contributed by atoms with Crippen molar-refractivity contribution >= 4 is 45.0 Å². The van der Waals surface area contributed by atoms with Crippen molar-refractivity contribution in [2.45, 2.75) is 25.6 Å². The van der Waals surface area contributed by atoms with Gasteiger partial charge in [-0.2, -0.15) is 0 Å². The smallest absolute Gasteiger partial charge is 0.255 e.